The number of carboxylic acid groups (broad SMARTS) is 1. The molecule has 2 aromatic carbocycles. The number of rotatable bonds is 11. The molecule has 0 saturated heterocycles. The summed E-state index contributed by atoms with van der Waals surface area (Å²) in [6, 6.07) is 16.2. The van der Waals surface area contributed by atoms with E-state index in [-0.39, 0.29) is 6.42 Å². The van der Waals surface area contributed by atoms with Crippen molar-refractivity contribution in [2.45, 2.75) is 55.2 Å². The lowest BCUT2D eigenvalue weighted by Gasteiger charge is -2.09. The molecule has 0 atom stereocenters. The number of unbranched alkanes of at least 4 members (excludes halogenated alkanes) is 4. The first-order valence-corrected chi connectivity index (χ1v) is 9.81. The van der Waals surface area contributed by atoms with Crippen molar-refractivity contribution < 1.29 is 9.90 Å². The van der Waals surface area contributed by atoms with E-state index < -0.39 is 5.97 Å². The van der Waals surface area contributed by atoms with Crippen LogP contribution in [0.15, 0.2) is 58.3 Å². The summed E-state index contributed by atoms with van der Waals surface area (Å²) < 4.78 is 0. The molecule has 2 rings (SSSR count). The highest BCUT2D eigenvalue weighted by atomic mass is 32.2. The van der Waals surface area contributed by atoms with Crippen LogP contribution < -0.4 is 5.32 Å². The number of nitrogens with one attached hydrogen (secondary N) is 1. The third-order valence-electron chi connectivity index (χ3n) is 3.96. The van der Waals surface area contributed by atoms with Crippen LogP contribution in [0.25, 0.3) is 0 Å². The largest absolute Gasteiger partial charge is 0.481 e. The minimum absolute atomic E-state index is 0.0720. The maximum absolute atomic E-state index is 10.7. The quantitative estimate of drug-likeness (QED) is 0.495. The summed E-state index contributed by atoms with van der Waals surface area (Å²) in [5, 5.41) is 12.3. The summed E-state index contributed by atoms with van der Waals surface area (Å²) in [4.78, 5) is 13.0. The first-order chi connectivity index (χ1) is 12.2. The summed E-state index contributed by atoms with van der Waals surface area (Å²) in [7, 11) is 0. The highest BCUT2D eigenvalue weighted by Gasteiger charge is 2.02. The highest BCUT2D eigenvalue weighted by molar-refractivity contribution is 7.99. The Morgan fingerprint density at radius 2 is 1.76 bits per heavy atom. The topological polar surface area (TPSA) is 49.3 Å². The van der Waals surface area contributed by atoms with Gasteiger partial charge in [-0.15, -0.1) is 0 Å². The third kappa shape index (κ3) is 7.65. The number of anilines is 1. The van der Waals surface area contributed by atoms with E-state index >= 15 is 0 Å². The van der Waals surface area contributed by atoms with Crippen molar-refractivity contribution in [3.63, 3.8) is 0 Å². The molecule has 0 aliphatic heterocycles. The van der Waals surface area contributed by atoms with Crippen LogP contribution in [0.1, 0.15) is 44.6 Å². The number of carbonyl (C=O) groups is 1. The summed E-state index contributed by atoms with van der Waals surface area (Å²) in [5.41, 5.74) is 1.98. The number of carboxylic acids is 1. The Hall–Kier alpha value is -1.94. The highest BCUT2D eigenvalue weighted by Crippen LogP contribution is 2.29. The molecule has 0 aromatic heterocycles. The van der Waals surface area contributed by atoms with Crippen LogP contribution in [0.3, 0.4) is 0 Å². The fraction of sp³-hybridized carbons (Fsp3) is 0.381. The maximum atomic E-state index is 10.7. The fourth-order valence-electron chi connectivity index (χ4n) is 2.62. The normalized spacial score (nSPS) is 10.6. The molecule has 0 heterocycles. The van der Waals surface area contributed by atoms with Crippen LogP contribution in [-0.2, 0) is 11.2 Å². The van der Waals surface area contributed by atoms with Gasteiger partial charge in [0.15, 0.2) is 0 Å². The van der Waals surface area contributed by atoms with Gasteiger partial charge in [-0.1, -0.05) is 62.6 Å². The molecule has 2 aromatic rings. The summed E-state index contributed by atoms with van der Waals surface area (Å²) >= 11 is 1.69. The van der Waals surface area contributed by atoms with Gasteiger partial charge in [0.05, 0.1) is 6.42 Å². The van der Waals surface area contributed by atoms with Crippen LogP contribution >= 0.6 is 11.8 Å². The lowest BCUT2D eigenvalue weighted by molar-refractivity contribution is -0.136. The molecule has 0 radical (unpaired) electrons. The van der Waals surface area contributed by atoms with Gasteiger partial charge in [-0.05, 0) is 42.3 Å². The molecule has 0 spiro atoms. The molecule has 0 aliphatic rings. The zero-order chi connectivity index (χ0) is 17.9. The number of hydrogen-bond acceptors (Lipinski definition) is 3. The SMILES string of the molecule is CCCCCCCNc1cccc(Sc2ccc(CC(=O)O)cc2)c1. The lowest BCUT2D eigenvalue weighted by Crippen LogP contribution is -2.01. The molecule has 0 fully saturated rings. The van der Waals surface area contributed by atoms with Crippen molar-refractivity contribution in [3.8, 4) is 0 Å². The first-order valence-electron chi connectivity index (χ1n) is 9.00. The third-order valence-corrected chi connectivity index (χ3v) is 4.96. The Labute approximate surface area is 154 Å². The van der Waals surface area contributed by atoms with Crippen molar-refractivity contribution in [2.75, 3.05) is 11.9 Å². The van der Waals surface area contributed by atoms with Crippen LogP contribution in [0.2, 0.25) is 0 Å². The second kappa shape index (κ2) is 10.8. The van der Waals surface area contributed by atoms with E-state index in [2.05, 4.69) is 36.5 Å². The zero-order valence-corrected chi connectivity index (χ0v) is 15.6. The number of aliphatic carboxylic acids is 1. The Balaban J connectivity index is 1.83. The first kappa shape index (κ1) is 19.4. The van der Waals surface area contributed by atoms with Gasteiger partial charge < -0.3 is 10.4 Å². The molecule has 0 amide bonds. The lowest BCUT2D eigenvalue weighted by atomic mass is 10.1. The van der Waals surface area contributed by atoms with Gasteiger partial charge in [0.1, 0.15) is 0 Å². The van der Waals surface area contributed by atoms with Crippen LogP contribution in [0.4, 0.5) is 5.69 Å². The van der Waals surface area contributed by atoms with Crippen LogP contribution in [0.5, 0.6) is 0 Å². The van der Waals surface area contributed by atoms with Crippen molar-refractivity contribution in [2.24, 2.45) is 0 Å². The molecule has 0 saturated carbocycles. The van der Waals surface area contributed by atoms with E-state index in [0.29, 0.717) is 0 Å². The predicted octanol–water partition coefficient (Wildman–Crippen LogP) is 5.85. The van der Waals surface area contributed by atoms with E-state index in [9.17, 15) is 4.79 Å². The number of benzene rings is 2. The summed E-state index contributed by atoms with van der Waals surface area (Å²) in [5.74, 6) is -0.797. The second-order valence-corrected chi connectivity index (χ2v) is 7.33. The maximum Gasteiger partial charge on any atom is 0.307 e. The minimum Gasteiger partial charge on any atom is -0.481 e. The Morgan fingerprint density at radius 3 is 2.48 bits per heavy atom. The van der Waals surface area contributed by atoms with Gasteiger partial charge in [0.25, 0.3) is 0 Å². The van der Waals surface area contributed by atoms with Gasteiger partial charge in [0, 0.05) is 22.0 Å². The van der Waals surface area contributed by atoms with Crippen molar-refractivity contribution in [1.82, 2.24) is 0 Å². The van der Waals surface area contributed by atoms with Gasteiger partial charge in [-0.3, -0.25) is 4.79 Å². The zero-order valence-electron chi connectivity index (χ0n) is 14.8. The molecule has 0 unspecified atom stereocenters. The fourth-order valence-corrected chi connectivity index (χ4v) is 3.49. The standard InChI is InChI=1S/C21H27NO2S/c1-2-3-4-5-6-14-22-18-8-7-9-20(16-18)25-19-12-10-17(11-13-19)15-21(23)24/h7-13,16,22H,2-6,14-15H2,1H3,(H,23,24). The molecular formula is C21H27NO2S. The molecule has 2 N–H and O–H groups in total. The number of hydrogen-bond donors (Lipinski definition) is 2. The smallest absolute Gasteiger partial charge is 0.307 e. The molecule has 25 heavy (non-hydrogen) atoms. The molecule has 3 nitrogen and oxygen atoms in total. The molecule has 4 heteroatoms. The van der Waals surface area contributed by atoms with Gasteiger partial charge in [0.2, 0.25) is 0 Å². The van der Waals surface area contributed by atoms with Crippen LogP contribution in [-0.4, -0.2) is 17.6 Å². The molecule has 0 bridgehead atoms. The van der Waals surface area contributed by atoms with Crippen molar-refractivity contribution in [1.29, 1.82) is 0 Å². The van der Waals surface area contributed by atoms with E-state index in [4.69, 9.17) is 5.11 Å². The van der Waals surface area contributed by atoms with E-state index in [1.807, 2.05) is 24.3 Å². The van der Waals surface area contributed by atoms with Gasteiger partial charge in [-0.25, -0.2) is 0 Å². The second-order valence-electron chi connectivity index (χ2n) is 6.19. The Bertz CT molecular complexity index is 655. The molecular weight excluding hydrogens is 330 g/mol. The van der Waals surface area contributed by atoms with Crippen LogP contribution in [0, 0.1) is 0 Å². The van der Waals surface area contributed by atoms with E-state index in [1.54, 1.807) is 11.8 Å². The summed E-state index contributed by atoms with van der Waals surface area (Å²) in [6.45, 7) is 3.25. The monoisotopic (exact) mass is 357 g/mol. The Kier molecular flexibility index (Phi) is 8.40. The molecule has 134 valence electrons. The van der Waals surface area contributed by atoms with E-state index in [0.717, 1.165) is 22.7 Å². The van der Waals surface area contributed by atoms with Crippen molar-refractivity contribution >= 4 is 23.4 Å². The summed E-state index contributed by atoms with van der Waals surface area (Å²) in [6.07, 6.45) is 6.51. The average Bonchev–Trinajstić information content (AvgIpc) is 2.60. The van der Waals surface area contributed by atoms with E-state index in [1.165, 1.54) is 37.0 Å². The predicted molar refractivity (Wildman–Crippen MR) is 106 cm³/mol. The van der Waals surface area contributed by atoms with Crippen molar-refractivity contribution in [3.05, 3.63) is 54.1 Å². The Morgan fingerprint density at radius 1 is 1.00 bits per heavy atom. The molecule has 0 aliphatic carbocycles. The minimum atomic E-state index is -0.797. The van der Waals surface area contributed by atoms with Gasteiger partial charge >= 0.3 is 5.97 Å². The average molecular weight is 358 g/mol. The van der Waals surface area contributed by atoms with Gasteiger partial charge in [-0.2, -0.15) is 0 Å².